The quantitative estimate of drug-likeness (QED) is 0.900. The summed E-state index contributed by atoms with van der Waals surface area (Å²) in [6, 6.07) is 0.342. The van der Waals surface area contributed by atoms with Crippen LogP contribution in [0.4, 0.5) is 0 Å². The first-order valence-electron chi connectivity index (χ1n) is 6.30. The van der Waals surface area contributed by atoms with Gasteiger partial charge in [0.2, 0.25) is 0 Å². The molecule has 0 aliphatic carbocycles. The van der Waals surface area contributed by atoms with Crippen molar-refractivity contribution >= 4 is 11.3 Å². The molecule has 17 heavy (non-hydrogen) atoms. The number of nitrogens with zero attached hydrogens (tertiary/aromatic N) is 2. The fourth-order valence-corrected chi connectivity index (χ4v) is 3.14. The maximum atomic E-state index is 9.29. The maximum absolute atomic E-state index is 9.29. The smallest absolute Gasteiger partial charge is 0.0982 e. The summed E-state index contributed by atoms with van der Waals surface area (Å²) in [7, 11) is 0. The number of thiazole rings is 1. The molecule has 4 heteroatoms. The van der Waals surface area contributed by atoms with Crippen LogP contribution in [-0.2, 0) is 12.0 Å². The Balaban J connectivity index is 2.02. The molecule has 1 fully saturated rings. The Morgan fingerprint density at radius 2 is 2.29 bits per heavy atom. The zero-order valence-corrected chi connectivity index (χ0v) is 11.8. The largest absolute Gasteiger partial charge is 0.395 e. The van der Waals surface area contributed by atoms with Crippen LogP contribution in [-0.4, -0.2) is 34.2 Å². The Bertz CT molecular complexity index is 370. The zero-order valence-electron chi connectivity index (χ0n) is 10.9. The van der Waals surface area contributed by atoms with Crippen molar-refractivity contribution in [2.24, 2.45) is 0 Å². The van der Waals surface area contributed by atoms with Gasteiger partial charge in [-0.25, -0.2) is 4.98 Å². The van der Waals surface area contributed by atoms with E-state index in [4.69, 9.17) is 4.98 Å². The van der Waals surface area contributed by atoms with Crippen molar-refractivity contribution in [2.45, 2.75) is 51.6 Å². The van der Waals surface area contributed by atoms with Gasteiger partial charge in [-0.3, -0.25) is 4.90 Å². The number of aromatic nitrogens is 1. The highest BCUT2D eigenvalue weighted by atomic mass is 32.1. The fraction of sp³-hybridized carbons (Fsp3) is 0.769. The molecule has 0 spiro atoms. The lowest BCUT2D eigenvalue weighted by atomic mass is 9.98. The van der Waals surface area contributed by atoms with Crippen LogP contribution < -0.4 is 0 Å². The van der Waals surface area contributed by atoms with E-state index in [0.717, 1.165) is 25.2 Å². The average molecular weight is 254 g/mol. The molecule has 1 atom stereocenters. The van der Waals surface area contributed by atoms with E-state index in [0.29, 0.717) is 6.04 Å². The van der Waals surface area contributed by atoms with Crippen molar-refractivity contribution in [3.05, 3.63) is 16.1 Å². The molecule has 1 aliphatic heterocycles. The highest BCUT2D eigenvalue weighted by Gasteiger charge is 2.25. The van der Waals surface area contributed by atoms with Gasteiger partial charge in [-0.1, -0.05) is 20.8 Å². The maximum Gasteiger partial charge on any atom is 0.0982 e. The second kappa shape index (κ2) is 5.04. The standard InChI is InChI=1S/C13H22N2OS/c1-13(2,3)12-14-10(9-17-12)7-15-6-4-5-11(15)8-16/h9,11,16H,4-8H2,1-3H3. The molecule has 1 aromatic heterocycles. The predicted molar refractivity (Wildman–Crippen MR) is 71.3 cm³/mol. The Morgan fingerprint density at radius 3 is 2.88 bits per heavy atom. The normalized spacial score (nSPS) is 22.2. The monoisotopic (exact) mass is 254 g/mol. The third-order valence-corrected chi connectivity index (χ3v) is 4.59. The molecular weight excluding hydrogens is 232 g/mol. The lowest BCUT2D eigenvalue weighted by Crippen LogP contribution is -2.31. The van der Waals surface area contributed by atoms with Crippen LogP contribution in [0.5, 0.6) is 0 Å². The van der Waals surface area contributed by atoms with E-state index in [1.165, 1.54) is 11.4 Å². The SMILES string of the molecule is CC(C)(C)c1nc(CN2CCCC2CO)cs1. The number of aliphatic hydroxyl groups excluding tert-OH is 1. The molecule has 1 aromatic rings. The van der Waals surface area contributed by atoms with E-state index in [9.17, 15) is 5.11 Å². The summed E-state index contributed by atoms with van der Waals surface area (Å²) in [6.45, 7) is 8.84. The van der Waals surface area contributed by atoms with Crippen molar-refractivity contribution in [3.8, 4) is 0 Å². The lowest BCUT2D eigenvalue weighted by molar-refractivity contribution is 0.152. The minimum Gasteiger partial charge on any atom is -0.395 e. The Kier molecular flexibility index (Phi) is 3.85. The fourth-order valence-electron chi connectivity index (χ4n) is 2.24. The summed E-state index contributed by atoms with van der Waals surface area (Å²) in [6.07, 6.45) is 2.31. The highest BCUT2D eigenvalue weighted by Crippen LogP contribution is 2.27. The van der Waals surface area contributed by atoms with Crippen LogP contribution in [0.15, 0.2) is 5.38 Å². The van der Waals surface area contributed by atoms with E-state index >= 15 is 0 Å². The summed E-state index contributed by atoms with van der Waals surface area (Å²) < 4.78 is 0. The summed E-state index contributed by atoms with van der Waals surface area (Å²) >= 11 is 1.75. The Morgan fingerprint density at radius 1 is 1.53 bits per heavy atom. The van der Waals surface area contributed by atoms with Gasteiger partial charge in [0.1, 0.15) is 0 Å². The first kappa shape index (κ1) is 13.0. The third-order valence-electron chi connectivity index (χ3n) is 3.27. The van der Waals surface area contributed by atoms with Gasteiger partial charge in [0.25, 0.3) is 0 Å². The second-order valence-corrected chi connectivity index (χ2v) is 6.70. The van der Waals surface area contributed by atoms with Gasteiger partial charge in [-0.15, -0.1) is 11.3 Å². The van der Waals surface area contributed by atoms with Crippen LogP contribution in [0, 0.1) is 0 Å². The molecule has 96 valence electrons. The molecule has 0 radical (unpaired) electrons. The van der Waals surface area contributed by atoms with Crippen LogP contribution in [0.25, 0.3) is 0 Å². The second-order valence-electron chi connectivity index (χ2n) is 5.84. The molecule has 3 nitrogen and oxygen atoms in total. The molecule has 0 bridgehead atoms. The number of aliphatic hydroxyl groups is 1. The zero-order chi connectivity index (χ0) is 12.5. The van der Waals surface area contributed by atoms with Gasteiger partial charge in [0.05, 0.1) is 17.3 Å². The number of hydrogen-bond donors (Lipinski definition) is 1. The number of rotatable bonds is 3. The first-order chi connectivity index (χ1) is 8.00. The van der Waals surface area contributed by atoms with Crippen molar-refractivity contribution in [1.82, 2.24) is 9.88 Å². The summed E-state index contributed by atoms with van der Waals surface area (Å²) in [5.74, 6) is 0. The van der Waals surface area contributed by atoms with Gasteiger partial charge < -0.3 is 5.11 Å². The molecule has 1 saturated heterocycles. The van der Waals surface area contributed by atoms with Crippen molar-refractivity contribution in [1.29, 1.82) is 0 Å². The third kappa shape index (κ3) is 3.06. The topological polar surface area (TPSA) is 36.4 Å². The first-order valence-corrected chi connectivity index (χ1v) is 7.18. The average Bonchev–Trinajstić information content (AvgIpc) is 2.86. The Hall–Kier alpha value is -0.450. The van der Waals surface area contributed by atoms with E-state index in [2.05, 4.69) is 31.1 Å². The molecule has 2 rings (SSSR count). The van der Waals surface area contributed by atoms with E-state index < -0.39 is 0 Å². The molecule has 1 unspecified atom stereocenters. The van der Waals surface area contributed by atoms with E-state index in [-0.39, 0.29) is 12.0 Å². The van der Waals surface area contributed by atoms with Crippen LogP contribution in [0.1, 0.15) is 44.3 Å². The summed E-state index contributed by atoms with van der Waals surface area (Å²) in [5.41, 5.74) is 1.30. The van der Waals surface area contributed by atoms with Gasteiger partial charge >= 0.3 is 0 Å². The van der Waals surface area contributed by atoms with Crippen LogP contribution in [0.3, 0.4) is 0 Å². The number of hydrogen-bond acceptors (Lipinski definition) is 4. The molecule has 1 aliphatic rings. The predicted octanol–water partition coefficient (Wildman–Crippen LogP) is 2.40. The highest BCUT2D eigenvalue weighted by molar-refractivity contribution is 7.09. The summed E-state index contributed by atoms with van der Waals surface area (Å²) in [5, 5.41) is 12.7. The van der Waals surface area contributed by atoms with Gasteiger partial charge in [-0.05, 0) is 19.4 Å². The lowest BCUT2D eigenvalue weighted by Gasteiger charge is -2.21. The summed E-state index contributed by atoms with van der Waals surface area (Å²) in [4.78, 5) is 7.06. The molecular formula is C13H22N2OS. The Labute approximate surface area is 107 Å². The minimum atomic E-state index is 0.143. The van der Waals surface area contributed by atoms with Crippen LogP contribution >= 0.6 is 11.3 Å². The van der Waals surface area contributed by atoms with Crippen molar-refractivity contribution in [3.63, 3.8) is 0 Å². The minimum absolute atomic E-state index is 0.143. The molecule has 0 aromatic carbocycles. The van der Waals surface area contributed by atoms with Crippen molar-refractivity contribution < 1.29 is 5.11 Å². The van der Waals surface area contributed by atoms with Gasteiger partial charge in [-0.2, -0.15) is 0 Å². The van der Waals surface area contributed by atoms with Crippen LogP contribution in [0.2, 0.25) is 0 Å². The van der Waals surface area contributed by atoms with Crippen molar-refractivity contribution in [2.75, 3.05) is 13.2 Å². The number of likely N-dealkylation sites (tertiary alicyclic amines) is 1. The molecule has 1 N–H and O–H groups in total. The van der Waals surface area contributed by atoms with Gasteiger partial charge in [0.15, 0.2) is 0 Å². The van der Waals surface area contributed by atoms with E-state index in [1.54, 1.807) is 11.3 Å². The molecule has 0 saturated carbocycles. The van der Waals surface area contributed by atoms with E-state index in [1.807, 2.05) is 0 Å². The van der Waals surface area contributed by atoms with Gasteiger partial charge in [0, 0.05) is 23.4 Å². The molecule has 0 amide bonds. The molecule has 2 heterocycles.